The van der Waals surface area contributed by atoms with E-state index in [4.69, 9.17) is 0 Å². The lowest BCUT2D eigenvalue weighted by Crippen LogP contribution is -2.62. The predicted molar refractivity (Wildman–Crippen MR) is 88.5 cm³/mol. The van der Waals surface area contributed by atoms with E-state index in [9.17, 15) is 4.79 Å². The summed E-state index contributed by atoms with van der Waals surface area (Å²) in [6, 6.07) is 0.0560. The van der Waals surface area contributed by atoms with Gasteiger partial charge >= 0.3 is 0 Å². The number of hydrogen-bond acceptors (Lipinski definition) is 2. The highest BCUT2D eigenvalue weighted by atomic mass is 16.2. The number of carbonyl (C=O) groups is 1. The Morgan fingerprint density at radius 3 is 2.05 bits per heavy atom. The molecule has 4 aliphatic carbocycles. The van der Waals surface area contributed by atoms with Crippen LogP contribution in [0.5, 0.6) is 0 Å². The molecular weight excluding hydrogens is 272 g/mol. The summed E-state index contributed by atoms with van der Waals surface area (Å²) in [6.45, 7) is 6.64. The molecule has 1 amide bonds. The third kappa shape index (κ3) is 2.70. The van der Waals surface area contributed by atoms with Crippen molar-refractivity contribution in [3.8, 4) is 0 Å². The van der Waals surface area contributed by atoms with Crippen LogP contribution >= 0.6 is 0 Å². The number of hydrogen-bond donors (Lipinski definition) is 1. The lowest BCUT2D eigenvalue weighted by Gasteiger charge is -2.57. The number of likely N-dealkylation sites (tertiary alicyclic amines) is 1. The molecule has 1 N–H and O–H groups in total. The minimum Gasteiger partial charge on any atom is -0.349 e. The monoisotopic (exact) mass is 304 g/mol. The van der Waals surface area contributed by atoms with Crippen molar-refractivity contribution in [2.24, 2.45) is 23.7 Å². The van der Waals surface area contributed by atoms with Gasteiger partial charge in [0.25, 0.3) is 0 Å². The Labute approximate surface area is 135 Å². The molecule has 22 heavy (non-hydrogen) atoms. The van der Waals surface area contributed by atoms with Crippen molar-refractivity contribution in [2.45, 2.75) is 76.8 Å². The van der Waals surface area contributed by atoms with Crippen molar-refractivity contribution in [3.63, 3.8) is 0 Å². The fourth-order valence-corrected chi connectivity index (χ4v) is 6.21. The van der Waals surface area contributed by atoms with E-state index in [2.05, 4.69) is 24.1 Å². The van der Waals surface area contributed by atoms with E-state index < -0.39 is 0 Å². The van der Waals surface area contributed by atoms with E-state index in [1.807, 2.05) is 0 Å². The molecule has 5 fully saturated rings. The second-order valence-corrected chi connectivity index (χ2v) is 9.08. The molecular formula is C19H32N2O. The minimum absolute atomic E-state index is 0.0560. The summed E-state index contributed by atoms with van der Waals surface area (Å²) in [4.78, 5) is 15.3. The Hall–Kier alpha value is -0.570. The molecule has 1 atom stereocenters. The van der Waals surface area contributed by atoms with Crippen LogP contribution in [0.4, 0.5) is 0 Å². The molecule has 4 bridgehead atoms. The van der Waals surface area contributed by atoms with Crippen molar-refractivity contribution < 1.29 is 4.79 Å². The molecule has 1 heterocycles. The average molecular weight is 304 g/mol. The van der Waals surface area contributed by atoms with Gasteiger partial charge in [0.15, 0.2) is 0 Å². The highest BCUT2D eigenvalue weighted by Gasteiger charge is 2.51. The SMILES string of the molecule is CC1CCN([C@@H](C)C(=O)NC23CC4CC(CC(C4)C2)C3)CC1. The Morgan fingerprint density at radius 2 is 1.55 bits per heavy atom. The largest absolute Gasteiger partial charge is 0.349 e. The highest BCUT2D eigenvalue weighted by molar-refractivity contribution is 5.82. The van der Waals surface area contributed by atoms with Crippen molar-refractivity contribution in [1.82, 2.24) is 10.2 Å². The van der Waals surface area contributed by atoms with Gasteiger partial charge in [-0.25, -0.2) is 0 Å². The predicted octanol–water partition coefficient (Wildman–Crippen LogP) is 3.19. The van der Waals surface area contributed by atoms with E-state index >= 15 is 0 Å². The van der Waals surface area contributed by atoms with Gasteiger partial charge in [0.1, 0.15) is 0 Å². The first-order chi connectivity index (χ1) is 10.5. The fraction of sp³-hybridized carbons (Fsp3) is 0.947. The van der Waals surface area contributed by atoms with Gasteiger partial charge in [-0.15, -0.1) is 0 Å². The van der Waals surface area contributed by atoms with Gasteiger partial charge in [0, 0.05) is 5.54 Å². The molecule has 5 rings (SSSR count). The minimum atomic E-state index is 0.0560. The zero-order valence-electron chi connectivity index (χ0n) is 14.3. The highest BCUT2D eigenvalue weighted by Crippen LogP contribution is 2.55. The summed E-state index contributed by atoms with van der Waals surface area (Å²) in [7, 11) is 0. The van der Waals surface area contributed by atoms with Crippen LogP contribution in [0.1, 0.15) is 65.2 Å². The topological polar surface area (TPSA) is 32.3 Å². The molecule has 0 aromatic heterocycles. The van der Waals surface area contributed by atoms with Gasteiger partial charge < -0.3 is 5.32 Å². The third-order valence-electron chi connectivity index (χ3n) is 7.17. The van der Waals surface area contributed by atoms with Crippen LogP contribution in [0.3, 0.4) is 0 Å². The molecule has 1 saturated heterocycles. The van der Waals surface area contributed by atoms with E-state index in [1.54, 1.807) is 0 Å². The molecule has 5 aliphatic rings. The summed E-state index contributed by atoms with van der Waals surface area (Å²) in [6.07, 6.45) is 10.6. The Kier molecular flexibility index (Phi) is 3.75. The first kappa shape index (κ1) is 15.0. The zero-order valence-corrected chi connectivity index (χ0v) is 14.3. The van der Waals surface area contributed by atoms with E-state index in [0.29, 0.717) is 5.91 Å². The molecule has 4 saturated carbocycles. The van der Waals surface area contributed by atoms with Gasteiger partial charge in [0.05, 0.1) is 6.04 Å². The third-order valence-corrected chi connectivity index (χ3v) is 7.17. The average Bonchev–Trinajstić information content (AvgIpc) is 2.45. The first-order valence-corrected chi connectivity index (χ1v) is 9.59. The van der Waals surface area contributed by atoms with Crippen LogP contribution in [-0.2, 0) is 4.79 Å². The number of amides is 1. The van der Waals surface area contributed by atoms with Gasteiger partial charge in [-0.1, -0.05) is 6.92 Å². The molecule has 0 radical (unpaired) electrons. The van der Waals surface area contributed by atoms with Crippen molar-refractivity contribution >= 4 is 5.91 Å². The van der Waals surface area contributed by atoms with Crippen molar-refractivity contribution in [2.75, 3.05) is 13.1 Å². The molecule has 124 valence electrons. The lowest BCUT2D eigenvalue weighted by molar-refractivity contribution is -0.132. The molecule has 1 aliphatic heterocycles. The second-order valence-electron chi connectivity index (χ2n) is 9.08. The van der Waals surface area contributed by atoms with Gasteiger partial charge in [-0.2, -0.15) is 0 Å². The van der Waals surface area contributed by atoms with E-state index in [-0.39, 0.29) is 11.6 Å². The van der Waals surface area contributed by atoms with Gasteiger partial charge in [-0.3, -0.25) is 9.69 Å². The fourth-order valence-electron chi connectivity index (χ4n) is 6.21. The maximum Gasteiger partial charge on any atom is 0.237 e. The lowest BCUT2D eigenvalue weighted by atomic mass is 9.53. The van der Waals surface area contributed by atoms with Crippen LogP contribution < -0.4 is 5.32 Å². The second kappa shape index (κ2) is 5.51. The van der Waals surface area contributed by atoms with Crippen LogP contribution in [0.25, 0.3) is 0 Å². The molecule has 0 aromatic carbocycles. The summed E-state index contributed by atoms with van der Waals surface area (Å²) < 4.78 is 0. The number of nitrogens with zero attached hydrogens (tertiary/aromatic N) is 1. The normalized spacial score (nSPS) is 43.3. The summed E-state index contributed by atoms with van der Waals surface area (Å²) in [5, 5.41) is 3.55. The Bertz CT molecular complexity index is 403. The standard InChI is InChI=1S/C19H32N2O/c1-13-3-5-21(6-4-13)14(2)18(22)20-19-10-15-7-16(11-19)9-17(8-15)12-19/h13-17H,3-12H2,1-2H3,(H,20,22)/t14-,15?,16?,17?,19?/m0/s1. The Balaban J connectivity index is 1.39. The van der Waals surface area contributed by atoms with Gasteiger partial charge in [0.2, 0.25) is 5.91 Å². The van der Waals surface area contributed by atoms with E-state index in [1.165, 1.54) is 51.4 Å². The molecule has 0 aromatic rings. The van der Waals surface area contributed by atoms with Gasteiger partial charge in [-0.05, 0) is 95.1 Å². The van der Waals surface area contributed by atoms with Crippen LogP contribution in [0.15, 0.2) is 0 Å². The van der Waals surface area contributed by atoms with Crippen LogP contribution in [-0.4, -0.2) is 35.5 Å². The van der Waals surface area contributed by atoms with Crippen LogP contribution in [0, 0.1) is 23.7 Å². The van der Waals surface area contributed by atoms with Crippen LogP contribution in [0.2, 0.25) is 0 Å². The van der Waals surface area contributed by atoms with E-state index in [0.717, 1.165) is 36.8 Å². The molecule has 0 unspecified atom stereocenters. The first-order valence-electron chi connectivity index (χ1n) is 9.59. The number of piperidine rings is 1. The molecule has 3 heteroatoms. The summed E-state index contributed by atoms with van der Waals surface area (Å²) in [5.74, 6) is 3.83. The maximum atomic E-state index is 12.9. The maximum absolute atomic E-state index is 12.9. The number of nitrogens with one attached hydrogen (secondary N) is 1. The summed E-state index contributed by atoms with van der Waals surface area (Å²) >= 11 is 0. The zero-order chi connectivity index (χ0) is 15.3. The number of carbonyl (C=O) groups excluding carboxylic acids is 1. The summed E-state index contributed by atoms with van der Waals surface area (Å²) in [5.41, 5.74) is 0.170. The smallest absolute Gasteiger partial charge is 0.237 e. The Morgan fingerprint density at radius 1 is 1.05 bits per heavy atom. The number of rotatable bonds is 3. The van der Waals surface area contributed by atoms with Crippen molar-refractivity contribution in [1.29, 1.82) is 0 Å². The molecule has 3 nitrogen and oxygen atoms in total. The quantitative estimate of drug-likeness (QED) is 0.868. The van der Waals surface area contributed by atoms with Crippen molar-refractivity contribution in [3.05, 3.63) is 0 Å². The molecule has 0 spiro atoms.